The Morgan fingerprint density at radius 1 is 1.07 bits per heavy atom. The molecule has 1 amide bonds. The minimum Gasteiger partial charge on any atom is -0.497 e. The van der Waals surface area contributed by atoms with Crippen LogP contribution in [0.25, 0.3) is 0 Å². The second kappa shape index (κ2) is 12.4. The molecule has 0 spiro atoms. The maximum absolute atomic E-state index is 13.4. The Morgan fingerprint density at radius 3 is 2.32 bits per heavy atom. The number of aromatic nitrogens is 2. The van der Waals surface area contributed by atoms with E-state index in [1.165, 1.54) is 50.6 Å². The molecule has 2 aromatic carbocycles. The number of benzene rings is 2. The van der Waals surface area contributed by atoms with Gasteiger partial charge in [0.25, 0.3) is 5.91 Å². The third kappa shape index (κ3) is 6.66. The summed E-state index contributed by atoms with van der Waals surface area (Å²) in [6.45, 7) is 1.41. The highest BCUT2D eigenvalue weighted by Gasteiger charge is 2.45. The number of hydrogen-bond donors (Lipinski definition) is 4. The number of aliphatic carboxylic acids is 1. The summed E-state index contributed by atoms with van der Waals surface area (Å²) >= 11 is 0. The van der Waals surface area contributed by atoms with Crippen LogP contribution in [-0.4, -0.2) is 73.7 Å². The Labute approximate surface area is 237 Å². The lowest BCUT2D eigenvalue weighted by Gasteiger charge is -2.34. The molecule has 218 valence electrons. The zero-order valence-corrected chi connectivity index (χ0v) is 23.4. The van der Waals surface area contributed by atoms with E-state index in [2.05, 4.69) is 25.5 Å². The quantitative estimate of drug-likeness (QED) is 0.240. The summed E-state index contributed by atoms with van der Waals surface area (Å²) in [5, 5.41) is 15.0. The zero-order valence-electron chi connectivity index (χ0n) is 22.6. The van der Waals surface area contributed by atoms with Crippen LogP contribution < -0.4 is 30.7 Å². The van der Waals surface area contributed by atoms with E-state index < -0.39 is 33.1 Å². The highest BCUT2D eigenvalue weighted by molar-refractivity contribution is 7.92. The molecule has 0 saturated carbocycles. The number of carbonyl (C=O) groups excluding carboxylic acids is 1. The molecule has 5 N–H and O–H groups in total. The standard InChI is InChI=1S/C27H32N6O7S/c1-39-20-5-7-21(8-6-20)41(37,38)27(28,17-24(34)35)32-25(36)18-4-9-22(23(16-18)40-2)33-14-10-19(11-15-33)31-26-29-12-3-13-30-26/h3-9,12-13,16,19H,10-11,14-15,17,28H2,1-2H3,(H,32,36)(H,34,35)(H,29,30,31). The van der Waals surface area contributed by atoms with Gasteiger partial charge < -0.3 is 30.1 Å². The molecule has 41 heavy (non-hydrogen) atoms. The topological polar surface area (TPSA) is 186 Å². The highest BCUT2D eigenvalue weighted by atomic mass is 32.2. The lowest BCUT2D eigenvalue weighted by molar-refractivity contribution is -0.137. The molecule has 3 aromatic rings. The van der Waals surface area contributed by atoms with Crippen LogP contribution >= 0.6 is 0 Å². The van der Waals surface area contributed by atoms with Crippen molar-refractivity contribution in [3.8, 4) is 11.5 Å². The van der Waals surface area contributed by atoms with Gasteiger partial charge in [0.1, 0.15) is 11.5 Å². The minimum atomic E-state index is -4.54. The van der Waals surface area contributed by atoms with Gasteiger partial charge in [-0.1, -0.05) is 0 Å². The Hall–Kier alpha value is -4.43. The molecule has 1 saturated heterocycles. The lowest BCUT2D eigenvalue weighted by atomic mass is 10.0. The Kier molecular flexibility index (Phi) is 8.93. The molecule has 1 aliphatic rings. The van der Waals surface area contributed by atoms with Crippen LogP contribution in [0, 0.1) is 0 Å². The number of nitrogens with one attached hydrogen (secondary N) is 2. The third-order valence-electron chi connectivity index (χ3n) is 6.76. The van der Waals surface area contributed by atoms with E-state index >= 15 is 0 Å². The van der Waals surface area contributed by atoms with Gasteiger partial charge in [0.05, 0.1) is 31.2 Å². The molecule has 0 aliphatic carbocycles. The Bertz CT molecular complexity index is 1480. The monoisotopic (exact) mass is 584 g/mol. The first kappa shape index (κ1) is 29.6. The van der Waals surface area contributed by atoms with Gasteiger partial charge in [-0.25, -0.2) is 18.4 Å². The largest absolute Gasteiger partial charge is 0.497 e. The summed E-state index contributed by atoms with van der Waals surface area (Å²) in [7, 11) is -1.65. The number of amides is 1. The van der Waals surface area contributed by atoms with E-state index in [4.69, 9.17) is 15.2 Å². The number of hydrogen-bond acceptors (Lipinski definition) is 11. The van der Waals surface area contributed by atoms with Gasteiger partial charge >= 0.3 is 5.97 Å². The van der Waals surface area contributed by atoms with Crippen molar-refractivity contribution >= 4 is 33.3 Å². The van der Waals surface area contributed by atoms with Crippen molar-refractivity contribution in [2.45, 2.75) is 35.2 Å². The number of ether oxygens (including phenoxy) is 2. The fourth-order valence-corrected chi connectivity index (χ4v) is 6.02. The van der Waals surface area contributed by atoms with Crippen LogP contribution in [0.3, 0.4) is 0 Å². The first-order valence-electron chi connectivity index (χ1n) is 12.7. The second-order valence-electron chi connectivity index (χ2n) is 9.46. The minimum absolute atomic E-state index is 0.0496. The molecule has 13 nitrogen and oxygen atoms in total. The first-order valence-corrected chi connectivity index (χ1v) is 14.2. The second-order valence-corrected chi connectivity index (χ2v) is 11.7. The number of piperidine rings is 1. The normalized spacial score (nSPS) is 15.4. The van der Waals surface area contributed by atoms with Gasteiger partial charge in [-0.15, -0.1) is 0 Å². The average molecular weight is 585 g/mol. The highest BCUT2D eigenvalue weighted by Crippen LogP contribution is 2.32. The van der Waals surface area contributed by atoms with Crippen molar-refractivity contribution in [3.05, 3.63) is 66.5 Å². The summed E-state index contributed by atoms with van der Waals surface area (Å²) in [6, 6.07) is 11.9. The molecule has 0 bridgehead atoms. The van der Waals surface area contributed by atoms with Crippen LogP contribution in [0.5, 0.6) is 11.5 Å². The summed E-state index contributed by atoms with van der Waals surface area (Å²) < 4.78 is 37.4. The maximum atomic E-state index is 13.4. The number of methoxy groups -OCH3 is 2. The van der Waals surface area contributed by atoms with Gasteiger partial charge in [-0.3, -0.25) is 15.3 Å². The van der Waals surface area contributed by atoms with Gasteiger partial charge in [-0.2, -0.15) is 0 Å². The summed E-state index contributed by atoms with van der Waals surface area (Å²) in [5.41, 5.74) is 6.92. The Morgan fingerprint density at radius 2 is 1.73 bits per heavy atom. The van der Waals surface area contributed by atoms with Crippen molar-refractivity contribution in [2.24, 2.45) is 5.73 Å². The van der Waals surface area contributed by atoms with Crippen molar-refractivity contribution in [1.29, 1.82) is 0 Å². The summed E-state index contributed by atoms with van der Waals surface area (Å²) in [4.78, 5) is 32.5. The molecule has 0 radical (unpaired) electrons. The number of carbonyl (C=O) groups is 2. The number of carboxylic acids is 1. The summed E-state index contributed by atoms with van der Waals surface area (Å²) in [6.07, 6.45) is 3.92. The van der Waals surface area contributed by atoms with Gasteiger partial charge in [0.2, 0.25) is 20.8 Å². The molecule has 4 rings (SSSR count). The number of carboxylic acid groups (broad SMARTS) is 1. The molecule has 1 aliphatic heterocycles. The average Bonchev–Trinajstić information content (AvgIpc) is 2.97. The van der Waals surface area contributed by atoms with E-state index in [9.17, 15) is 23.1 Å². The molecular weight excluding hydrogens is 552 g/mol. The molecule has 1 unspecified atom stereocenters. The van der Waals surface area contributed by atoms with Gasteiger partial charge in [0.15, 0.2) is 0 Å². The van der Waals surface area contributed by atoms with E-state index in [0.717, 1.165) is 18.5 Å². The van der Waals surface area contributed by atoms with Crippen molar-refractivity contribution in [3.63, 3.8) is 0 Å². The number of sulfone groups is 1. The van der Waals surface area contributed by atoms with E-state index in [0.29, 0.717) is 30.5 Å². The fraction of sp³-hybridized carbons (Fsp3) is 0.333. The molecule has 1 fully saturated rings. The van der Waals surface area contributed by atoms with Crippen LogP contribution in [0.15, 0.2) is 65.8 Å². The van der Waals surface area contributed by atoms with E-state index in [1.807, 2.05) is 0 Å². The van der Waals surface area contributed by atoms with Crippen LogP contribution in [0.4, 0.5) is 11.6 Å². The van der Waals surface area contributed by atoms with E-state index in [-0.39, 0.29) is 16.5 Å². The van der Waals surface area contributed by atoms with Crippen molar-refractivity contribution in [1.82, 2.24) is 15.3 Å². The van der Waals surface area contributed by atoms with Gasteiger partial charge in [-0.05, 0) is 61.4 Å². The Balaban J connectivity index is 1.50. The van der Waals surface area contributed by atoms with Crippen LogP contribution in [-0.2, 0) is 14.6 Å². The maximum Gasteiger partial charge on any atom is 0.308 e. The first-order chi connectivity index (χ1) is 19.6. The van der Waals surface area contributed by atoms with Crippen molar-refractivity contribution in [2.75, 3.05) is 37.5 Å². The van der Waals surface area contributed by atoms with E-state index in [1.54, 1.807) is 24.5 Å². The predicted octanol–water partition coefficient (Wildman–Crippen LogP) is 1.87. The number of rotatable bonds is 11. The molecule has 1 aromatic heterocycles. The van der Waals surface area contributed by atoms with Gasteiger partial charge in [0, 0.05) is 37.1 Å². The zero-order chi connectivity index (χ0) is 29.6. The molecule has 2 heterocycles. The smallest absolute Gasteiger partial charge is 0.308 e. The molecule has 14 heteroatoms. The molecular formula is C27H32N6O7S. The number of nitrogens with zero attached hydrogens (tertiary/aromatic N) is 3. The van der Waals surface area contributed by atoms with Crippen LogP contribution in [0.2, 0.25) is 0 Å². The third-order valence-corrected chi connectivity index (χ3v) is 8.86. The molecule has 1 atom stereocenters. The lowest BCUT2D eigenvalue weighted by Crippen LogP contribution is -2.62. The predicted molar refractivity (Wildman–Crippen MR) is 151 cm³/mol. The SMILES string of the molecule is COc1ccc(S(=O)(=O)C(N)(CC(=O)O)NC(=O)c2ccc(N3CCC(Nc4ncccn4)CC3)c(OC)c2)cc1. The fourth-order valence-electron chi connectivity index (χ4n) is 4.56. The van der Waals surface area contributed by atoms with Crippen molar-refractivity contribution < 1.29 is 32.6 Å². The summed E-state index contributed by atoms with van der Waals surface area (Å²) in [5.74, 6) is -1.01. The number of anilines is 2. The number of nitrogens with two attached hydrogens (primary N) is 1. The van der Waals surface area contributed by atoms with Crippen LogP contribution in [0.1, 0.15) is 29.6 Å².